The van der Waals surface area contributed by atoms with Crippen molar-refractivity contribution in [1.29, 1.82) is 0 Å². The molecule has 2 aromatic carbocycles. The van der Waals surface area contributed by atoms with Crippen molar-refractivity contribution in [3.05, 3.63) is 70.9 Å². The Morgan fingerprint density at radius 1 is 1.03 bits per heavy atom. The van der Waals surface area contributed by atoms with Crippen LogP contribution in [-0.4, -0.2) is 50.1 Å². The van der Waals surface area contributed by atoms with Crippen molar-refractivity contribution in [1.82, 2.24) is 10.6 Å². The molecule has 0 aromatic heterocycles. The summed E-state index contributed by atoms with van der Waals surface area (Å²) in [7, 11) is 3.84. The van der Waals surface area contributed by atoms with Crippen LogP contribution in [0.15, 0.2) is 54.2 Å². The quantitative estimate of drug-likeness (QED) is 0.417. The molecule has 0 aliphatic rings. The predicted molar refractivity (Wildman–Crippen MR) is 118 cm³/mol. The summed E-state index contributed by atoms with van der Waals surface area (Å²) in [6.07, 6.45) is 1.53. The Morgan fingerprint density at radius 2 is 1.68 bits per heavy atom. The molecule has 0 aliphatic carbocycles. The Balaban J connectivity index is 2.24. The Morgan fingerprint density at radius 3 is 2.23 bits per heavy atom. The van der Waals surface area contributed by atoms with Gasteiger partial charge in [0.25, 0.3) is 11.8 Å². The van der Waals surface area contributed by atoms with E-state index in [-0.39, 0.29) is 25.5 Å². The maximum Gasteiger partial charge on any atom is 0.325 e. The van der Waals surface area contributed by atoms with E-state index in [9.17, 15) is 14.4 Å². The van der Waals surface area contributed by atoms with Gasteiger partial charge in [0.15, 0.2) is 0 Å². The van der Waals surface area contributed by atoms with Crippen LogP contribution >= 0.6 is 0 Å². The van der Waals surface area contributed by atoms with E-state index in [1.54, 1.807) is 31.2 Å². The van der Waals surface area contributed by atoms with Gasteiger partial charge in [0.2, 0.25) is 0 Å². The average Bonchev–Trinajstić information content (AvgIpc) is 2.77. The van der Waals surface area contributed by atoms with Gasteiger partial charge in [0, 0.05) is 25.3 Å². The summed E-state index contributed by atoms with van der Waals surface area (Å²) in [4.78, 5) is 38.8. The highest BCUT2D eigenvalue weighted by Crippen LogP contribution is 2.15. The number of hydrogen-bond donors (Lipinski definition) is 3. The number of ether oxygens (including phenoxy) is 1. The molecule has 0 radical (unpaired) electrons. The summed E-state index contributed by atoms with van der Waals surface area (Å²) in [6.45, 7) is 1.43. The van der Waals surface area contributed by atoms with Gasteiger partial charge in [-0.25, -0.2) is 0 Å². The van der Waals surface area contributed by atoms with E-state index in [4.69, 9.17) is 9.84 Å². The van der Waals surface area contributed by atoms with Gasteiger partial charge in [0.05, 0.1) is 13.2 Å². The summed E-state index contributed by atoms with van der Waals surface area (Å²) < 4.78 is 4.81. The van der Waals surface area contributed by atoms with Gasteiger partial charge in [0.1, 0.15) is 12.2 Å². The number of amides is 2. The lowest BCUT2D eigenvalue weighted by atomic mass is 10.1. The summed E-state index contributed by atoms with van der Waals surface area (Å²) in [5.74, 6) is -1.69. The number of aliphatic hydroxyl groups excluding tert-OH is 1. The third kappa shape index (κ3) is 7.27. The molecule has 164 valence electrons. The summed E-state index contributed by atoms with van der Waals surface area (Å²) in [5, 5.41) is 14.2. The maximum atomic E-state index is 12.7. The Bertz CT molecular complexity index is 935. The molecule has 0 aliphatic heterocycles. The number of benzene rings is 2. The van der Waals surface area contributed by atoms with Gasteiger partial charge >= 0.3 is 5.97 Å². The molecule has 0 unspecified atom stereocenters. The van der Waals surface area contributed by atoms with E-state index < -0.39 is 17.8 Å². The number of anilines is 1. The molecule has 0 bridgehead atoms. The van der Waals surface area contributed by atoms with Crippen molar-refractivity contribution < 1.29 is 24.2 Å². The third-order valence-corrected chi connectivity index (χ3v) is 4.31. The number of aliphatic hydroxyl groups is 1. The fraction of sp³-hybridized carbons (Fsp3) is 0.261. The number of carbonyl (C=O) groups excluding carboxylic acids is 3. The smallest absolute Gasteiger partial charge is 0.325 e. The molecule has 0 spiro atoms. The van der Waals surface area contributed by atoms with Crippen molar-refractivity contribution in [3.8, 4) is 0 Å². The van der Waals surface area contributed by atoms with E-state index in [2.05, 4.69) is 10.6 Å². The highest BCUT2D eigenvalue weighted by atomic mass is 16.5. The average molecular weight is 425 g/mol. The molecule has 0 fully saturated rings. The first-order chi connectivity index (χ1) is 14.8. The number of carbonyl (C=O) groups is 3. The summed E-state index contributed by atoms with van der Waals surface area (Å²) >= 11 is 0. The molecule has 2 amide bonds. The van der Waals surface area contributed by atoms with Gasteiger partial charge in [-0.1, -0.05) is 24.3 Å². The second-order valence-corrected chi connectivity index (χ2v) is 6.84. The Hall–Kier alpha value is -3.65. The zero-order valence-electron chi connectivity index (χ0n) is 17.8. The Labute approximate surface area is 181 Å². The van der Waals surface area contributed by atoms with Gasteiger partial charge < -0.3 is 25.4 Å². The van der Waals surface area contributed by atoms with Crippen LogP contribution in [0.1, 0.15) is 28.4 Å². The van der Waals surface area contributed by atoms with Crippen LogP contribution < -0.4 is 15.5 Å². The van der Waals surface area contributed by atoms with E-state index >= 15 is 0 Å². The van der Waals surface area contributed by atoms with E-state index in [0.29, 0.717) is 16.7 Å². The van der Waals surface area contributed by atoms with Gasteiger partial charge in [-0.3, -0.25) is 14.4 Å². The number of rotatable bonds is 9. The molecule has 31 heavy (non-hydrogen) atoms. The maximum absolute atomic E-state index is 12.7. The molecule has 3 N–H and O–H groups in total. The zero-order valence-corrected chi connectivity index (χ0v) is 17.8. The molecule has 0 saturated heterocycles. The van der Waals surface area contributed by atoms with Crippen LogP contribution in [0.3, 0.4) is 0 Å². The highest BCUT2D eigenvalue weighted by Gasteiger charge is 2.16. The monoisotopic (exact) mass is 425 g/mol. The SMILES string of the molecule is CCOC(=O)CNC(=O)C(=Cc1ccc(N(C)C)cc1)NC(=O)c1ccc(CO)cc1. The molecule has 0 heterocycles. The van der Waals surface area contributed by atoms with Crippen LogP contribution in [-0.2, 0) is 20.9 Å². The van der Waals surface area contributed by atoms with Crippen LogP contribution in [0.2, 0.25) is 0 Å². The summed E-state index contributed by atoms with van der Waals surface area (Å²) in [6, 6.07) is 13.8. The molecule has 2 aromatic rings. The number of nitrogens with one attached hydrogen (secondary N) is 2. The second kappa shape index (κ2) is 11.5. The van der Waals surface area contributed by atoms with Gasteiger partial charge in [-0.15, -0.1) is 0 Å². The first-order valence-electron chi connectivity index (χ1n) is 9.78. The molecule has 2 rings (SSSR count). The van der Waals surface area contributed by atoms with Crippen molar-refractivity contribution in [3.63, 3.8) is 0 Å². The van der Waals surface area contributed by atoms with Crippen LogP contribution in [0.5, 0.6) is 0 Å². The topological polar surface area (TPSA) is 108 Å². The minimum atomic E-state index is -0.620. The Kier molecular flexibility index (Phi) is 8.78. The van der Waals surface area contributed by atoms with Crippen molar-refractivity contribution in [2.75, 3.05) is 32.1 Å². The normalized spacial score (nSPS) is 10.9. The standard InChI is InChI=1S/C23H27N3O5/c1-4-31-21(28)14-24-23(30)20(13-16-7-11-19(12-8-16)26(2)3)25-22(29)18-9-5-17(15-27)6-10-18/h5-13,27H,4,14-15H2,1-3H3,(H,24,30)(H,25,29). The van der Waals surface area contributed by atoms with E-state index in [1.165, 1.54) is 6.08 Å². The lowest BCUT2D eigenvalue weighted by Crippen LogP contribution is -2.37. The van der Waals surface area contributed by atoms with Crippen LogP contribution in [0.4, 0.5) is 5.69 Å². The lowest BCUT2D eigenvalue weighted by Gasteiger charge is -2.13. The first-order valence-corrected chi connectivity index (χ1v) is 9.78. The number of esters is 1. The molecule has 8 heteroatoms. The summed E-state index contributed by atoms with van der Waals surface area (Å²) in [5.41, 5.74) is 2.66. The molecule has 0 atom stereocenters. The van der Waals surface area contributed by atoms with Crippen molar-refractivity contribution in [2.24, 2.45) is 0 Å². The van der Waals surface area contributed by atoms with E-state index in [0.717, 1.165) is 5.69 Å². The first kappa shape index (κ1) is 23.6. The van der Waals surface area contributed by atoms with Crippen molar-refractivity contribution in [2.45, 2.75) is 13.5 Å². The van der Waals surface area contributed by atoms with Crippen LogP contribution in [0, 0.1) is 0 Å². The zero-order chi connectivity index (χ0) is 22.8. The minimum absolute atomic E-state index is 0.0156. The fourth-order valence-corrected chi connectivity index (χ4v) is 2.61. The van der Waals surface area contributed by atoms with Gasteiger partial charge in [-0.05, 0) is 48.4 Å². The second-order valence-electron chi connectivity index (χ2n) is 6.84. The molecular formula is C23H27N3O5. The number of hydrogen-bond acceptors (Lipinski definition) is 6. The van der Waals surface area contributed by atoms with Crippen LogP contribution in [0.25, 0.3) is 6.08 Å². The molecule has 8 nitrogen and oxygen atoms in total. The van der Waals surface area contributed by atoms with Crippen molar-refractivity contribution >= 4 is 29.5 Å². The largest absolute Gasteiger partial charge is 0.465 e. The third-order valence-electron chi connectivity index (χ3n) is 4.31. The minimum Gasteiger partial charge on any atom is -0.465 e. The number of nitrogens with zero attached hydrogens (tertiary/aromatic N) is 1. The molecular weight excluding hydrogens is 398 g/mol. The fourth-order valence-electron chi connectivity index (χ4n) is 2.61. The van der Waals surface area contributed by atoms with Gasteiger partial charge in [-0.2, -0.15) is 0 Å². The van der Waals surface area contributed by atoms with E-state index in [1.807, 2.05) is 43.3 Å². The predicted octanol–water partition coefficient (Wildman–Crippen LogP) is 1.70. The highest BCUT2D eigenvalue weighted by molar-refractivity contribution is 6.05. The molecule has 0 saturated carbocycles. The lowest BCUT2D eigenvalue weighted by molar-refractivity contribution is -0.143.